The van der Waals surface area contributed by atoms with Gasteiger partial charge < -0.3 is 5.11 Å². The van der Waals surface area contributed by atoms with Gasteiger partial charge in [0.25, 0.3) is 0 Å². The second-order valence-electron chi connectivity index (χ2n) is 4.23. The summed E-state index contributed by atoms with van der Waals surface area (Å²) in [4.78, 5) is 15.2. The SMILES string of the molecule is CO.O=Cc1ccc2ccccc2c1N=Nc1ccccn1. The smallest absolute Gasteiger partial charge is 0.174 e. The Bertz CT molecular complexity index is 786. The molecule has 0 bridgehead atoms. The van der Waals surface area contributed by atoms with E-state index in [1.807, 2.05) is 42.5 Å². The number of fused-ring (bicyclic) bond motifs is 1. The molecular formula is C17H15N3O2. The maximum atomic E-state index is 11.2. The number of carbonyl (C=O) groups is 1. The largest absolute Gasteiger partial charge is 0.400 e. The van der Waals surface area contributed by atoms with E-state index in [1.165, 1.54) is 0 Å². The first kappa shape index (κ1) is 15.5. The van der Waals surface area contributed by atoms with Crippen molar-refractivity contribution >= 4 is 28.6 Å². The predicted octanol–water partition coefficient (Wildman–Crippen LogP) is 4.07. The van der Waals surface area contributed by atoms with Crippen LogP contribution in [0.3, 0.4) is 0 Å². The molecule has 0 spiro atoms. The lowest BCUT2D eigenvalue weighted by molar-refractivity contribution is 0.112. The van der Waals surface area contributed by atoms with Crippen molar-refractivity contribution in [3.63, 3.8) is 0 Å². The number of rotatable bonds is 3. The van der Waals surface area contributed by atoms with Crippen molar-refractivity contribution in [3.05, 3.63) is 66.4 Å². The number of aliphatic hydroxyl groups excluding tert-OH is 1. The third kappa shape index (κ3) is 3.39. The summed E-state index contributed by atoms with van der Waals surface area (Å²) >= 11 is 0. The van der Waals surface area contributed by atoms with Crippen LogP contribution in [0.15, 0.2) is 71.0 Å². The molecule has 5 heteroatoms. The number of nitrogens with zero attached hydrogens (tertiary/aromatic N) is 3. The lowest BCUT2D eigenvalue weighted by Gasteiger charge is -2.03. The first-order valence-electron chi connectivity index (χ1n) is 6.63. The second-order valence-corrected chi connectivity index (χ2v) is 4.23. The van der Waals surface area contributed by atoms with Gasteiger partial charge in [-0.15, -0.1) is 10.2 Å². The molecule has 0 aliphatic carbocycles. The Hall–Kier alpha value is -2.92. The second kappa shape index (κ2) is 7.75. The van der Waals surface area contributed by atoms with E-state index in [2.05, 4.69) is 15.2 Å². The van der Waals surface area contributed by atoms with Gasteiger partial charge in [-0.1, -0.05) is 36.4 Å². The van der Waals surface area contributed by atoms with Crippen LogP contribution in [-0.2, 0) is 0 Å². The quantitative estimate of drug-likeness (QED) is 0.584. The normalized spacial score (nSPS) is 10.3. The van der Waals surface area contributed by atoms with Gasteiger partial charge in [0.2, 0.25) is 0 Å². The Kier molecular flexibility index (Phi) is 5.45. The molecule has 22 heavy (non-hydrogen) atoms. The van der Waals surface area contributed by atoms with Crippen LogP contribution < -0.4 is 0 Å². The van der Waals surface area contributed by atoms with Gasteiger partial charge in [0.05, 0.1) is 0 Å². The van der Waals surface area contributed by atoms with E-state index in [1.54, 1.807) is 18.3 Å². The van der Waals surface area contributed by atoms with Crippen LogP contribution in [0, 0.1) is 0 Å². The van der Waals surface area contributed by atoms with Crippen molar-refractivity contribution < 1.29 is 9.90 Å². The summed E-state index contributed by atoms with van der Waals surface area (Å²) in [6, 6.07) is 16.8. The zero-order valence-corrected chi connectivity index (χ0v) is 12.0. The van der Waals surface area contributed by atoms with Gasteiger partial charge in [0, 0.05) is 24.3 Å². The number of benzene rings is 2. The Morgan fingerprint density at radius 3 is 2.45 bits per heavy atom. The van der Waals surface area contributed by atoms with Gasteiger partial charge in [0.1, 0.15) is 5.69 Å². The minimum Gasteiger partial charge on any atom is -0.400 e. The lowest BCUT2D eigenvalue weighted by atomic mass is 10.1. The van der Waals surface area contributed by atoms with Crippen LogP contribution in [-0.4, -0.2) is 23.5 Å². The predicted molar refractivity (Wildman–Crippen MR) is 85.9 cm³/mol. The van der Waals surface area contributed by atoms with E-state index in [9.17, 15) is 4.79 Å². The fourth-order valence-corrected chi connectivity index (χ4v) is 1.99. The molecule has 0 aliphatic rings. The van der Waals surface area contributed by atoms with E-state index < -0.39 is 0 Å². The van der Waals surface area contributed by atoms with Crippen molar-refractivity contribution in [1.82, 2.24) is 4.98 Å². The first-order chi connectivity index (χ1) is 10.9. The number of azo groups is 1. The Morgan fingerprint density at radius 1 is 0.955 bits per heavy atom. The molecule has 0 aliphatic heterocycles. The van der Waals surface area contributed by atoms with Crippen molar-refractivity contribution in [2.75, 3.05) is 7.11 Å². The van der Waals surface area contributed by atoms with Crippen LogP contribution in [0.2, 0.25) is 0 Å². The summed E-state index contributed by atoms with van der Waals surface area (Å²) in [5.41, 5.74) is 1.09. The number of aromatic nitrogens is 1. The molecule has 0 radical (unpaired) electrons. The van der Waals surface area contributed by atoms with Gasteiger partial charge in [-0.3, -0.25) is 4.79 Å². The van der Waals surface area contributed by atoms with Crippen LogP contribution in [0.5, 0.6) is 0 Å². The molecule has 0 amide bonds. The highest BCUT2D eigenvalue weighted by atomic mass is 16.2. The molecule has 3 rings (SSSR count). The van der Waals surface area contributed by atoms with E-state index in [-0.39, 0.29) is 0 Å². The number of carbonyl (C=O) groups excluding carboxylic acids is 1. The zero-order chi connectivity index (χ0) is 15.8. The highest BCUT2D eigenvalue weighted by Gasteiger charge is 2.06. The van der Waals surface area contributed by atoms with E-state index in [4.69, 9.17) is 5.11 Å². The van der Waals surface area contributed by atoms with Crippen molar-refractivity contribution in [2.45, 2.75) is 0 Å². The molecule has 0 unspecified atom stereocenters. The van der Waals surface area contributed by atoms with Crippen LogP contribution >= 0.6 is 0 Å². The first-order valence-corrected chi connectivity index (χ1v) is 6.63. The highest BCUT2D eigenvalue weighted by Crippen LogP contribution is 2.30. The van der Waals surface area contributed by atoms with E-state index >= 15 is 0 Å². The standard InChI is InChI=1S/C16H11N3O.CH4O/c20-11-13-9-8-12-5-1-2-6-14(12)16(13)19-18-15-7-3-4-10-17-15;1-2/h1-11H;2H,1H3. The van der Waals surface area contributed by atoms with Crippen molar-refractivity contribution in [3.8, 4) is 0 Å². The van der Waals surface area contributed by atoms with Gasteiger partial charge in [0.15, 0.2) is 12.1 Å². The van der Waals surface area contributed by atoms with Crippen molar-refractivity contribution in [1.29, 1.82) is 0 Å². The molecular weight excluding hydrogens is 278 g/mol. The van der Waals surface area contributed by atoms with Crippen molar-refractivity contribution in [2.24, 2.45) is 10.2 Å². The highest BCUT2D eigenvalue weighted by molar-refractivity contribution is 6.00. The summed E-state index contributed by atoms with van der Waals surface area (Å²) in [7, 11) is 1.00. The van der Waals surface area contributed by atoms with Gasteiger partial charge in [-0.05, 0) is 23.6 Å². The summed E-state index contributed by atoms with van der Waals surface area (Å²) in [5.74, 6) is 0.511. The number of pyridine rings is 1. The lowest BCUT2D eigenvalue weighted by Crippen LogP contribution is -1.83. The Balaban J connectivity index is 0.000000847. The molecule has 0 saturated heterocycles. The molecule has 0 fully saturated rings. The Labute approximate surface area is 128 Å². The minimum absolute atomic E-state index is 0.511. The molecule has 2 aromatic carbocycles. The van der Waals surface area contributed by atoms with E-state index in [0.717, 1.165) is 24.2 Å². The molecule has 110 valence electrons. The van der Waals surface area contributed by atoms with Gasteiger partial charge >= 0.3 is 0 Å². The molecule has 0 saturated carbocycles. The Morgan fingerprint density at radius 2 is 1.73 bits per heavy atom. The number of aliphatic hydroxyl groups is 1. The van der Waals surface area contributed by atoms with E-state index in [0.29, 0.717) is 17.1 Å². The fraction of sp³-hybridized carbons (Fsp3) is 0.0588. The topological polar surface area (TPSA) is 74.9 Å². The molecule has 1 aromatic heterocycles. The van der Waals surface area contributed by atoms with Gasteiger partial charge in [-0.25, -0.2) is 4.98 Å². The zero-order valence-electron chi connectivity index (χ0n) is 12.0. The monoisotopic (exact) mass is 293 g/mol. The maximum Gasteiger partial charge on any atom is 0.174 e. The molecule has 0 atom stereocenters. The number of aldehydes is 1. The molecule has 1 heterocycles. The average molecular weight is 293 g/mol. The summed E-state index contributed by atoms with van der Waals surface area (Å²) in [6.45, 7) is 0. The number of hydrogen-bond donors (Lipinski definition) is 1. The third-order valence-electron chi connectivity index (χ3n) is 2.96. The third-order valence-corrected chi connectivity index (χ3v) is 2.96. The fourth-order valence-electron chi connectivity index (χ4n) is 1.99. The summed E-state index contributed by atoms with van der Waals surface area (Å²) in [6.07, 6.45) is 2.44. The number of hydrogen-bond acceptors (Lipinski definition) is 5. The molecule has 5 nitrogen and oxygen atoms in total. The molecule has 1 N–H and O–H groups in total. The van der Waals surface area contributed by atoms with Crippen LogP contribution in [0.1, 0.15) is 10.4 Å². The summed E-state index contributed by atoms with van der Waals surface area (Å²) in [5, 5.41) is 17.2. The van der Waals surface area contributed by atoms with Crippen LogP contribution in [0.4, 0.5) is 11.5 Å². The molecule has 3 aromatic rings. The van der Waals surface area contributed by atoms with Gasteiger partial charge in [-0.2, -0.15) is 0 Å². The minimum atomic E-state index is 0.511. The average Bonchev–Trinajstić information content (AvgIpc) is 2.62. The summed E-state index contributed by atoms with van der Waals surface area (Å²) < 4.78 is 0. The maximum absolute atomic E-state index is 11.2. The van der Waals surface area contributed by atoms with Crippen LogP contribution in [0.25, 0.3) is 10.8 Å².